The van der Waals surface area contributed by atoms with Gasteiger partial charge in [-0.05, 0) is 31.2 Å². The third kappa shape index (κ3) is 7.52. The monoisotopic (exact) mass is 756 g/mol. The molecular weight excluding hydrogens is 716 g/mol. The van der Waals surface area contributed by atoms with Crippen molar-refractivity contribution in [2.45, 2.75) is 99.0 Å². The van der Waals surface area contributed by atoms with Gasteiger partial charge in [-0.2, -0.15) is 0 Å². The summed E-state index contributed by atoms with van der Waals surface area (Å²) in [6.45, 7) is -0.136. The van der Waals surface area contributed by atoms with Gasteiger partial charge in [0, 0.05) is 17.7 Å². The van der Waals surface area contributed by atoms with Crippen LogP contribution in [0.5, 0.6) is 23.0 Å². The fourth-order valence-corrected chi connectivity index (χ4v) is 6.25. The predicted octanol–water partition coefficient (Wildman–Crippen LogP) is -3.57. The Bertz CT molecular complexity index is 1790. The zero-order valence-corrected chi connectivity index (χ0v) is 27.7. The Balaban J connectivity index is 1.31. The van der Waals surface area contributed by atoms with E-state index in [1.54, 1.807) is 0 Å². The van der Waals surface area contributed by atoms with Crippen molar-refractivity contribution in [2.24, 2.45) is 0 Å². The third-order valence-corrected chi connectivity index (χ3v) is 9.30. The molecule has 3 aliphatic rings. The zero-order valence-electron chi connectivity index (χ0n) is 27.7. The lowest BCUT2D eigenvalue weighted by Crippen LogP contribution is -2.65. The highest BCUT2D eigenvalue weighted by Crippen LogP contribution is 2.38. The minimum atomic E-state index is -2.04. The molecule has 1 aromatic heterocycles. The number of fused-ring (bicyclic) bond motifs is 1. The maximum Gasteiger partial charge on any atom is 0.239 e. The van der Waals surface area contributed by atoms with Crippen LogP contribution >= 0.6 is 0 Å². The Kier molecular flexibility index (Phi) is 11.5. The van der Waals surface area contributed by atoms with E-state index < -0.39 is 133 Å². The Morgan fingerprint density at radius 2 is 1.30 bits per heavy atom. The van der Waals surface area contributed by atoms with Crippen LogP contribution in [0, 0.1) is 0 Å². The number of benzene rings is 2. The van der Waals surface area contributed by atoms with Gasteiger partial charge in [0.25, 0.3) is 0 Å². The lowest BCUT2D eigenvalue weighted by atomic mass is 9.97. The Morgan fingerprint density at radius 1 is 0.679 bits per heavy atom. The lowest BCUT2D eigenvalue weighted by molar-refractivity contribution is -0.364. The van der Waals surface area contributed by atoms with E-state index in [0.717, 1.165) is 12.1 Å². The van der Waals surface area contributed by atoms with Crippen molar-refractivity contribution in [2.75, 3.05) is 13.2 Å². The fourth-order valence-electron chi connectivity index (χ4n) is 6.25. The average molecular weight is 757 g/mol. The van der Waals surface area contributed by atoms with Gasteiger partial charge in [-0.3, -0.25) is 4.79 Å². The molecule has 0 bridgehead atoms. The Labute approximate surface area is 298 Å². The van der Waals surface area contributed by atoms with Crippen LogP contribution in [0.2, 0.25) is 0 Å². The first-order chi connectivity index (χ1) is 25.1. The SMILES string of the molecule is CC1OC(OCC2OC(OC3C(Oc4c(-c5ccc(O)cc5)oc5cc(O)cc(O)c5c4=O)OC(CO)C(O)C3O)C(O)C(O)C2O)C(O)C(O)C1O. The van der Waals surface area contributed by atoms with Crippen LogP contribution in [0.15, 0.2) is 45.6 Å². The predicted molar refractivity (Wildman–Crippen MR) is 171 cm³/mol. The van der Waals surface area contributed by atoms with Crippen LogP contribution in [-0.2, 0) is 23.7 Å². The van der Waals surface area contributed by atoms with Gasteiger partial charge in [0.1, 0.15) is 89.3 Å². The first-order valence-corrected chi connectivity index (χ1v) is 16.4. The summed E-state index contributed by atoms with van der Waals surface area (Å²) in [5, 5.41) is 124. The molecule has 15 unspecified atom stereocenters. The molecule has 3 aromatic rings. The van der Waals surface area contributed by atoms with Crippen molar-refractivity contribution in [3.8, 4) is 34.3 Å². The summed E-state index contributed by atoms with van der Waals surface area (Å²) in [4.78, 5) is 13.9. The van der Waals surface area contributed by atoms with E-state index in [4.69, 9.17) is 32.8 Å². The molecule has 0 aliphatic carbocycles. The van der Waals surface area contributed by atoms with Crippen LogP contribution in [0.1, 0.15) is 6.92 Å². The minimum Gasteiger partial charge on any atom is -0.508 e. The second-order valence-corrected chi connectivity index (χ2v) is 12.9. The summed E-state index contributed by atoms with van der Waals surface area (Å²) in [7, 11) is 0. The maximum absolute atomic E-state index is 13.9. The number of aliphatic hydroxyl groups is 9. The molecular formula is C33H40O20. The van der Waals surface area contributed by atoms with Crippen LogP contribution < -0.4 is 10.2 Å². The van der Waals surface area contributed by atoms with E-state index in [9.17, 15) is 66.1 Å². The number of aromatic hydroxyl groups is 3. The van der Waals surface area contributed by atoms with Gasteiger partial charge in [0.2, 0.25) is 17.5 Å². The highest BCUT2D eigenvalue weighted by Gasteiger charge is 2.52. The summed E-state index contributed by atoms with van der Waals surface area (Å²) in [5.41, 5.74) is -1.18. The van der Waals surface area contributed by atoms with Gasteiger partial charge < -0.3 is 94.1 Å². The molecule has 15 atom stereocenters. The fraction of sp³-hybridized carbons (Fsp3) is 0.545. The molecule has 4 heterocycles. The number of phenols is 3. The average Bonchev–Trinajstić information content (AvgIpc) is 3.12. The topological polar surface area (TPSA) is 328 Å². The first-order valence-electron chi connectivity index (χ1n) is 16.4. The second kappa shape index (κ2) is 15.6. The molecule has 0 amide bonds. The van der Waals surface area contributed by atoms with Crippen LogP contribution in [0.3, 0.4) is 0 Å². The molecule has 20 heteroatoms. The standard InChI is InChI=1S/C33H40O20/c1-10-19(38)23(42)26(45)31(48-10)47-9-17-21(40)24(43)27(46)32(51-17)53-30-25(44)20(39)16(8-34)50-33(30)52-29-22(41)18-14(37)6-13(36)7-15(18)49-28(29)11-2-4-12(35)5-3-11/h2-7,10,16-17,19-21,23-27,30-40,42-46H,8-9H2,1H3. The number of hydrogen-bond donors (Lipinski definition) is 12. The highest BCUT2D eigenvalue weighted by molar-refractivity contribution is 5.88. The van der Waals surface area contributed by atoms with Gasteiger partial charge in [0.15, 0.2) is 24.4 Å². The Hall–Kier alpha value is -3.71. The number of hydrogen-bond acceptors (Lipinski definition) is 20. The molecule has 6 rings (SSSR count). The number of aliphatic hydroxyl groups excluding tert-OH is 9. The number of rotatable bonds is 9. The molecule has 2 aromatic carbocycles. The zero-order chi connectivity index (χ0) is 38.5. The van der Waals surface area contributed by atoms with Gasteiger partial charge in [-0.15, -0.1) is 0 Å². The van der Waals surface area contributed by atoms with E-state index in [-0.39, 0.29) is 22.7 Å². The second-order valence-electron chi connectivity index (χ2n) is 12.9. The van der Waals surface area contributed by atoms with Crippen LogP contribution in [-0.4, -0.2) is 167 Å². The van der Waals surface area contributed by atoms with Crippen molar-refractivity contribution in [1.29, 1.82) is 0 Å². The van der Waals surface area contributed by atoms with Crippen molar-refractivity contribution < 1.29 is 94.1 Å². The summed E-state index contributed by atoms with van der Waals surface area (Å²) >= 11 is 0. The van der Waals surface area contributed by atoms with Crippen molar-refractivity contribution in [3.63, 3.8) is 0 Å². The molecule has 0 saturated carbocycles. The quantitative estimate of drug-likeness (QED) is 0.100. The van der Waals surface area contributed by atoms with Crippen molar-refractivity contribution in [1.82, 2.24) is 0 Å². The Morgan fingerprint density at radius 3 is 1.98 bits per heavy atom. The van der Waals surface area contributed by atoms with Gasteiger partial charge in [-0.25, -0.2) is 0 Å². The third-order valence-electron chi connectivity index (χ3n) is 9.30. The van der Waals surface area contributed by atoms with E-state index in [2.05, 4.69) is 0 Å². The smallest absolute Gasteiger partial charge is 0.239 e. The first kappa shape index (κ1) is 39.0. The van der Waals surface area contributed by atoms with E-state index in [0.29, 0.717) is 0 Å². The molecule has 3 aliphatic heterocycles. The summed E-state index contributed by atoms with van der Waals surface area (Å²) in [6.07, 6.45) is -26.0. The van der Waals surface area contributed by atoms with Crippen molar-refractivity contribution >= 4 is 11.0 Å². The lowest BCUT2D eigenvalue weighted by Gasteiger charge is -2.46. The molecule has 0 spiro atoms. The molecule has 0 radical (unpaired) electrons. The minimum absolute atomic E-state index is 0.127. The maximum atomic E-state index is 13.9. The molecule has 53 heavy (non-hydrogen) atoms. The summed E-state index contributed by atoms with van der Waals surface area (Å²) < 4.78 is 39.8. The van der Waals surface area contributed by atoms with Gasteiger partial charge >= 0.3 is 0 Å². The van der Waals surface area contributed by atoms with Gasteiger partial charge in [-0.1, -0.05) is 0 Å². The normalized spacial score (nSPS) is 37.8. The molecule has 12 N–H and O–H groups in total. The van der Waals surface area contributed by atoms with Crippen LogP contribution in [0.4, 0.5) is 0 Å². The molecule has 3 saturated heterocycles. The number of phenolic OH excluding ortho intramolecular Hbond substituents is 3. The molecule has 3 fully saturated rings. The summed E-state index contributed by atoms with van der Waals surface area (Å²) in [5.74, 6) is -2.33. The molecule has 20 nitrogen and oxygen atoms in total. The van der Waals surface area contributed by atoms with Gasteiger partial charge in [0.05, 0.1) is 19.3 Å². The van der Waals surface area contributed by atoms with Crippen molar-refractivity contribution in [3.05, 3.63) is 46.6 Å². The van der Waals surface area contributed by atoms with E-state index in [1.807, 2.05) is 0 Å². The van der Waals surface area contributed by atoms with E-state index in [1.165, 1.54) is 31.2 Å². The highest BCUT2D eigenvalue weighted by atomic mass is 16.8. The number of ether oxygens (including phenoxy) is 6. The van der Waals surface area contributed by atoms with E-state index >= 15 is 0 Å². The molecule has 292 valence electrons. The van der Waals surface area contributed by atoms with Crippen LogP contribution in [0.25, 0.3) is 22.3 Å². The largest absolute Gasteiger partial charge is 0.508 e. The summed E-state index contributed by atoms with van der Waals surface area (Å²) in [6, 6.07) is 7.09.